The Hall–Kier alpha value is -2.60. The van der Waals surface area contributed by atoms with Gasteiger partial charge in [-0.25, -0.2) is 4.98 Å². The molecule has 0 radical (unpaired) electrons. The molecule has 26 heavy (non-hydrogen) atoms. The molecule has 0 aliphatic rings. The van der Waals surface area contributed by atoms with Gasteiger partial charge in [0, 0.05) is 5.69 Å². The molecule has 1 amide bonds. The van der Waals surface area contributed by atoms with E-state index in [9.17, 15) is 9.59 Å². The van der Waals surface area contributed by atoms with Gasteiger partial charge in [-0.1, -0.05) is 55.9 Å². The molecule has 134 valence electrons. The van der Waals surface area contributed by atoms with Crippen LogP contribution in [0.3, 0.4) is 0 Å². The molecule has 1 aromatic heterocycles. The molecule has 0 saturated heterocycles. The van der Waals surface area contributed by atoms with Crippen molar-refractivity contribution in [3.8, 4) is 0 Å². The van der Waals surface area contributed by atoms with Crippen molar-refractivity contribution < 1.29 is 4.79 Å². The highest BCUT2D eigenvalue weighted by Gasteiger charge is 2.13. The fraction of sp³-hybridized carbons (Fsp3) is 0.250. The number of anilines is 1. The average Bonchev–Trinajstić information content (AvgIpc) is 2.61. The maximum absolute atomic E-state index is 12.4. The second-order valence-corrected chi connectivity index (χ2v) is 7.38. The predicted octanol–water partition coefficient (Wildman–Crippen LogP) is 4.09. The summed E-state index contributed by atoms with van der Waals surface area (Å²) in [7, 11) is 0. The largest absolute Gasteiger partial charge is 0.325 e. The zero-order valence-corrected chi connectivity index (χ0v) is 15.8. The zero-order valence-electron chi connectivity index (χ0n) is 15.0. The number of benzene rings is 2. The van der Waals surface area contributed by atoms with E-state index in [4.69, 9.17) is 0 Å². The van der Waals surface area contributed by atoms with Crippen LogP contribution < -0.4 is 10.9 Å². The van der Waals surface area contributed by atoms with E-state index in [1.165, 1.54) is 11.8 Å². The van der Waals surface area contributed by atoms with Crippen molar-refractivity contribution in [3.63, 3.8) is 0 Å². The number of H-pyrrole nitrogens is 1. The van der Waals surface area contributed by atoms with Gasteiger partial charge in [0.1, 0.15) is 0 Å². The first-order valence-electron chi connectivity index (χ1n) is 8.47. The number of para-hydroxylation sites is 2. The average molecular weight is 367 g/mol. The van der Waals surface area contributed by atoms with Crippen LogP contribution in [0.2, 0.25) is 0 Å². The molecule has 0 spiro atoms. The Kier molecular flexibility index (Phi) is 5.42. The van der Waals surface area contributed by atoms with Gasteiger partial charge in [0.2, 0.25) is 5.91 Å². The number of amides is 1. The number of thioether (sulfide) groups is 1. The Balaban J connectivity index is 1.73. The molecule has 6 heteroatoms. The Labute approximate surface area is 156 Å². The summed E-state index contributed by atoms with van der Waals surface area (Å²) in [6.07, 6.45) is 0. The molecule has 3 aromatic rings. The molecule has 0 saturated carbocycles. The van der Waals surface area contributed by atoms with Crippen LogP contribution >= 0.6 is 11.8 Å². The first-order chi connectivity index (χ1) is 12.5. The topological polar surface area (TPSA) is 74.8 Å². The van der Waals surface area contributed by atoms with E-state index in [1.807, 2.05) is 31.2 Å². The monoisotopic (exact) mass is 367 g/mol. The highest BCUT2D eigenvalue weighted by molar-refractivity contribution is 7.99. The van der Waals surface area contributed by atoms with E-state index < -0.39 is 0 Å². The lowest BCUT2D eigenvalue weighted by atomic mass is 9.98. The molecule has 0 bridgehead atoms. The van der Waals surface area contributed by atoms with Gasteiger partial charge in [-0.2, -0.15) is 0 Å². The third kappa shape index (κ3) is 3.96. The van der Waals surface area contributed by atoms with Crippen LogP contribution in [0.1, 0.15) is 30.9 Å². The van der Waals surface area contributed by atoms with E-state index in [1.54, 1.807) is 18.2 Å². The number of fused-ring (bicyclic) bond motifs is 1. The molecule has 0 unspecified atom stereocenters. The number of rotatable bonds is 5. The molecular weight excluding hydrogens is 346 g/mol. The molecule has 3 rings (SSSR count). The molecule has 2 N–H and O–H groups in total. The van der Waals surface area contributed by atoms with Gasteiger partial charge in [-0.15, -0.1) is 0 Å². The van der Waals surface area contributed by atoms with Gasteiger partial charge >= 0.3 is 0 Å². The van der Waals surface area contributed by atoms with E-state index in [2.05, 4.69) is 29.1 Å². The highest BCUT2D eigenvalue weighted by Crippen LogP contribution is 2.27. The van der Waals surface area contributed by atoms with E-state index in [0.29, 0.717) is 22.0 Å². The minimum atomic E-state index is -0.195. The van der Waals surface area contributed by atoms with Crippen molar-refractivity contribution in [3.05, 3.63) is 63.9 Å². The van der Waals surface area contributed by atoms with Gasteiger partial charge in [0.25, 0.3) is 5.56 Å². The summed E-state index contributed by atoms with van der Waals surface area (Å²) in [5.41, 5.74) is 3.44. The minimum Gasteiger partial charge on any atom is -0.325 e. The summed E-state index contributed by atoms with van der Waals surface area (Å²) in [6, 6.07) is 13.2. The second-order valence-electron chi connectivity index (χ2n) is 6.42. The Morgan fingerprint density at radius 1 is 1.19 bits per heavy atom. The highest BCUT2D eigenvalue weighted by atomic mass is 32.2. The number of aryl methyl sites for hydroxylation is 1. The smallest absolute Gasteiger partial charge is 0.259 e. The van der Waals surface area contributed by atoms with Crippen molar-refractivity contribution in [1.82, 2.24) is 9.97 Å². The third-order valence-corrected chi connectivity index (χ3v) is 5.00. The van der Waals surface area contributed by atoms with Crippen LogP contribution in [-0.2, 0) is 4.79 Å². The third-order valence-electron chi connectivity index (χ3n) is 4.12. The van der Waals surface area contributed by atoms with Crippen molar-refractivity contribution in [1.29, 1.82) is 0 Å². The fourth-order valence-corrected chi connectivity index (χ4v) is 3.45. The number of carbonyl (C=O) groups is 1. The number of aromatic nitrogens is 2. The molecule has 2 aromatic carbocycles. The maximum Gasteiger partial charge on any atom is 0.259 e. The molecule has 0 aliphatic carbocycles. The van der Waals surface area contributed by atoms with E-state index in [-0.39, 0.29) is 17.2 Å². The van der Waals surface area contributed by atoms with Crippen molar-refractivity contribution in [2.75, 3.05) is 11.1 Å². The fourth-order valence-electron chi connectivity index (χ4n) is 2.79. The molecule has 0 aliphatic heterocycles. The summed E-state index contributed by atoms with van der Waals surface area (Å²) in [6.45, 7) is 6.18. The van der Waals surface area contributed by atoms with Crippen molar-refractivity contribution >= 4 is 34.3 Å². The lowest BCUT2D eigenvalue weighted by Crippen LogP contribution is -2.17. The number of aromatic amines is 1. The molecular formula is C20H21N3O2S. The Morgan fingerprint density at radius 2 is 1.96 bits per heavy atom. The van der Waals surface area contributed by atoms with E-state index in [0.717, 1.165) is 16.8 Å². The predicted molar refractivity (Wildman–Crippen MR) is 107 cm³/mol. The quantitative estimate of drug-likeness (QED) is 0.526. The number of hydrogen-bond acceptors (Lipinski definition) is 4. The number of nitrogens with one attached hydrogen (secondary N) is 2. The molecule has 1 heterocycles. The number of hydrogen-bond donors (Lipinski definition) is 2. The first-order valence-corrected chi connectivity index (χ1v) is 9.45. The zero-order chi connectivity index (χ0) is 18.7. The lowest BCUT2D eigenvalue weighted by molar-refractivity contribution is -0.113. The molecule has 5 nitrogen and oxygen atoms in total. The summed E-state index contributed by atoms with van der Waals surface area (Å²) in [5, 5.41) is 3.99. The van der Waals surface area contributed by atoms with Crippen LogP contribution in [-0.4, -0.2) is 21.6 Å². The Morgan fingerprint density at radius 3 is 2.73 bits per heavy atom. The van der Waals surface area contributed by atoms with Crippen molar-refractivity contribution in [2.24, 2.45) is 0 Å². The van der Waals surface area contributed by atoms with Crippen LogP contribution in [0.15, 0.2) is 52.4 Å². The van der Waals surface area contributed by atoms with Gasteiger partial charge in [0.15, 0.2) is 5.16 Å². The van der Waals surface area contributed by atoms with Gasteiger partial charge in [-0.05, 0) is 36.1 Å². The normalized spacial score (nSPS) is 11.1. The van der Waals surface area contributed by atoms with Crippen molar-refractivity contribution in [2.45, 2.75) is 31.8 Å². The summed E-state index contributed by atoms with van der Waals surface area (Å²) >= 11 is 1.22. The summed E-state index contributed by atoms with van der Waals surface area (Å²) in [5.74, 6) is 0.367. The summed E-state index contributed by atoms with van der Waals surface area (Å²) < 4.78 is 0. The van der Waals surface area contributed by atoms with E-state index >= 15 is 0 Å². The molecule has 0 atom stereocenters. The second kappa shape index (κ2) is 7.74. The van der Waals surface area contributed by atoms with Gasteiger partial charge < -0.3 is 10.3 Å². The first kappa shape index (κ1) is 18.2. The van der Waals surface area contributed by atoms with Crippen LogP contribution in [0.25, 0.3) is 10.9 Å². The standard InChI is InChI=1S/C20H21N3O2S/c1-12(2)14-9-6-7-13(3)18(14)22-17(24)11-26-20-21-16-10-5-4-8-15(16)19(25)23-20/h4-10,12H,11H2,1-3H3,(H,22,24)(H,21,23,25). The van der Waals surface area contributed by atoms with Crippen LogP contribution in [0, 0.1) is 6.92 Å². The maximum atomic E-state index is 12.4. The van der Waals surface area contributed by atoms with Gasteiger partial charge in [-0.3, -0.25) is 9.59 Å². The van der Waals surface area contributed by atoms with Crippen LogP contribution in [0.5, 0.6) is 0 Å². The molecule has 0 fully saturated rings. The summed E-state index contributed by atoms with van der Waals surface area (Å²) in [4.78, 5) is 31.6. The van der Waals surface area contributed by atoms with Crippen LogP contribution in [0.4, 0.5) is 5.69 Å². The SMILES string of the molecule is Cc1cccc(C(C)C)c1NC(=O)CSc1nc2ccccc2c(=O)[nH]1. The number of nitrogens with zero attached hydrogens (tertiary/aromatic N) is 1. The number of carbonyl (C=O) groups excluding carboxylic acids is 1. The lowest BCUT2D eigenvalue weighted by Gasteiger charge is -2.16. The van der Waals surface area contributed by atoms with Gasteiger partial charge in [0.05, 0.1) is 16.7 Å². The Bertz CT molecular complexity index is 1010. The minimum absolute atomic E-state index is 0.123.